The van der Waals surface area contributed by atoms with Crippen LogP contribution in [0.5, 0.6) is 0 Å². The first-order valence-electron chi connectivity index (χ1n) is 6.78. The van der Waals surface area contributed by atoms with Crippen LogP contribution < -0.4 is 10.0 Å². The van der Waals surface area contributed by atoms with E-state index in [1.54, 1.807) is 6.07 Å². The van der Waals surface area contributed by atoms with Gasteiger partial charge in [-0.15, -0.1) is 11.3 Å². The molecule has 0 aliphatic rings. The van der Waals surface area contributed by atoms with Gasteiger partial charge in [-0.3, -0.25) is 0 Å². The van der Waals surface area contributed by atoms with Gasteiger partial charge in [0, 0.05) is 19.1 Å². The molecule has 0 bridgehead atoms. The van der Waals surface area contributed by atoms with E-state index < -0.39 is 10.0 Å². The Morgan fingerprint density at radius 1 is 1.40 bits per heavy atom. The van der Waals surface area contributed by atoms with Gasteiger partial charge in [0.2, 0.25) is 10.0 Å². The summed E-state index contributed by atoms with van der Waals surface area (Å²) in [4.78, 5) is 2.20. The van der Waals surface area contributed by atoms with Gasteiger partial charge in [0.1, 0.15) is 4.21 Å². The van der Waals surface area contributed by atoms with Crippen molar-refractivity contribution in [2.24, 2.45) is 0 Å². The Labute approximate surface area is 126 Å². The van der Waals surface area contributed by atoms with E-state index in [-0.39, 0.29) is 0 Å². The van der Waals surface area contributed by atoms with Crippen LogP contribution >= 0.6 is 11.3 Å². The predicted molar refractivity (Wildman–Crippen MR) is 84.7 cm³/mol. The van der Waals surface area contributed by atoms with Gasteiger partial charge in [-0.25, -0.2) is 13.1 Å². The Morgan fingerprint density at radius 3 is 2.70 bits per heavy atom. The summed E-state index contributed by atoms with van der Waals surface area (Å²) in [7, 11) is 0.533. The second-order valence-corrected chi connectivity index (χ2v) is 8.04. The van der Waals surface area contributed by atoms with Crippen LogP contribution in [0.25, 0.3) is 0 Å². The van der Waals surface area contributed by atoms with Crippen molar-refractivity contribution in [3.63, 3.8) is 0 Å². The fraction of sp³-hybridized carbons (Fsp3) is 0.692. The largest absolute Gasteiger partial charge is 0.316 e. The van der Waals surface area contributed by atoms with Crippen LogP contribution in [0.2, 0.25) is 0 Å². The first-order valence-corrected chi connectivity index (χ1v) is 9.15. The molecule has 0 unspecified atom stereocenters. The third kappa shape index (κ3) is 5.49. The van der Waals surface area contributed by atoms with Crippen LogP contribution in [0.4, 0.5) is 0 Å². The zero-order valence-corrected chi connectivity index (χ0v) is 14.3. The molecule has 5 nitrogen and oxygen atoms in total. The normalized spacial score (nSPS) is 12.5. The summed E-state index contributed by atoms with van der Waals surface area (Å²) in [6.45, 7) is 6.29. The second kappa shape index (κ2) is 8.09. The Morgan fingerprint density at radius 2 is 2.10 bits per heavy atom. The molecule has 1 rings (SSSR count). The number of sulfonamides is 1. The number of rotatable bonds is 9. The van der Waals surface area contributed by atoms with E-state index >= 15 is 0 Å². The summed E-state index contributed by atoms with van der Waals surface area (Å²) < 4.78 is 27.2. The van der Waals surface area contributed by atoms with Crippen molar-refractivity contribution in [3.05, 3.63) is 17.0 Å². The smallest absolute Gasteiger partial charge is 0.250 e. The van der Waals surface area contributed by atoms with E-state index in [1.165, 1.54) is 11.3 Å². The van der Waals surface area contributed by atoms with E-state index in [0.29, 0.717) is 23.3 Å². The van der Waals surface area contributed by atoms with Gasteiger partial charge in [0.15, 0.2) is 0 Å². The number of nitrogens with one attached hydrogen (secondary N) is 2. The van der Waals surface area contributed by atoms with Crippen molar-refractivity contribution < 1.29 is 8.42 Å². The molecule has 0 saturated heterocycles. The fourth-order valence-corrected chi connectivity index (χ4v) is 3.98. The standard InChI is InChI=1S/C13H25N3O2S2/c1-11(2)16(4)7-5-6-15-20(17,18)13-8-12(9-14-3)10-19-13/h8,10-11,14-15H,5-7,9H2,1-4H3. The average Bonchev–Trinajstić information content (AvgIpc) is 2.84. The topological polar surface area (TPSA) is 61.4 Å². The van der Waals surface area contributed by atoms with Crippen molar-refractivity contribution in [3.8, 4) is 0 Å². The van der Waals surface area contributed by atoms with Crippen LogP contribution in [0.3, 0.4) is 0 Å². The summed E-state index contributed by atoms with van der Waals surface area (Å²) in [6, 6.07) is 2.21. The maximum atomic E-state index is 12.1. The van der Waals surface area contributed by atoms with Crippen LogP contribution in [0.1, 0.15) is 25.8 Å². The molecule has 1 aromatic heterocycles. The lowest BCUT2D eigenvalue weighted by atomic mass is 10.3. The molecule has 2 N–H and O–H groups in total. The molecule has 116 valence electrons. The highest BCUT2D eigenvalue weighted by Gasteiger charge is 2.16. The summed E-state index contributed by atoms with van der Waals surface area (Å²) in [5.41, 5.74) is 0.998. The van der Waals surface area contributed by atoms with Crippen LogP contribution in [-0.2, 0) is 16.6 Å². The summed E-state index contributed by atoms with van der Waals surface area (Å²) in [5.74, 6) is 0. The second-order valence-electron chi connectivity index (χ2n) is 5.13. The number of hydrogen-bond donors (Lipinski definition) is 2. The molecular formula is C13H25N3O2S2. The van der Waals surface area contributed by atoms with Crippen molar-refractivity contribution in [2.75, 3.05) is 27.2 Å². The predicted octanol–water partition coefficient (Wildman–Crippen LogP) is 1.48. The zero-order valence-electron chi connectivity index (χ0n) is 12.6. The Hall–Kier alpha value is -0.470. The van der Waals surface area contributed by atoms with Gasteiger partial charge in [0.25, 0.3) is 0 Å². The summed E-state index contributed by atoms with van der Waals surface area (Å²) in [5, 5.41) is 4.88. The van der Waals surface area contributed by atoms with Gasteiger partial charge < -0.3 is 10.2 Å². The Bertz CT molecular complexity index is 497. The van der Waals surface area contributed by atoms with Gasteiger partial charge in [-0.05, 0) is 57.9 Å². The van der Waals surface area contributed by atoms with Crippen LogP contribution in [-0.4, -0.2) is 46.5 Å². The molecular weight excluding hydrogens is 294 g/mol. The first kappa shape index (κ1) is 17.6. The minimum Gasteiger partial charge on any atom is -0.316 e. The lowest BCUT2D eigenvalue weighted by Crippen LogP contribution is -2.31. The lowest BCUT2D eigenvalue weighted by Gasteiger charge is -2.20. The van der Waals surface area contributed by atoms with Gasteiger partial charge in [-0.1, -0.05) is 0 Å². The number of thiophene rings is 1. The minimum absolute atomic E-state index is 0.389. The minimum atomic E-state index is -3.35. The first-order chi connectivity index (χ1) is 9.36. The summed E-state index contributed by atoms with van der Waals surface area (Å²) in [6.07, 6.45) is 0.808. The molecule has 7 heteroatoms. The third-order valence-corrected chi connectivity index (χ3v) is 6.09. The molecule has 20 heavy (non-hydrogen) atoms. The van der Waals surface area contributed by atoms with Crippen molar-refractivity contribution in [1.82, 2.24) is 14.9 Å². The van der Waals surface area contributed by atoms with Gasteiger partial charge >= 0.3 is 0 Å². The van der Waals surface area contributed by atoms with Crippen molar-refractivity contribution in [2.45, 2.75) is 37.1 Å². The molecule has 0 saturated carbocycles. The number of hydrogen-bond acceptors (Lipinski definition) is 5. The maximum absolute atomic E-state index is 12.1. The molecule has 0 aliphatic carbocycles. The monoisotopic (exact) mass is 319 g/mol. The summed E-state index contributed by atoms with van der Waals surface area (Å²) >= 11 is 1.26. The SMILES string of the molecule is CNCc1csc(S(=O)(=O)NCCCN(C)C(C)C)c1. The molecule has 0 fully saturated rings. The molecule has 1 aromatic rings. The maximum Gasteiger partial charge on any atom is 0.250 e. The highest BCUT2D eigenvalue weighted by atomic mass is 32.2. The molecule has 0 radical (unpaired) electrons. The Balaban J connectivity index is 2.45. The molecule has 0 spiro atoms. The zero-order chi connectivity index (χ0) is 15.2. The molecule has 0 atom stereocenters. The molecule has 0 amide bonds. The highest BCUT2D eigenvalue weighted by molar-refractivity contribution is 7.91. The third-order valence-electron chi connectivity index (χ3n) is 3.14. The Kier molecular flexibility index (Phi) is 7.11. The van der Waals surface area contributed by atoms with E-state index in [0.717, 1.165) is 18.5 Å². The van der Waals surface area contributed by atoms with E-state index in [9.17, 15) is 8.42 Å². The number of nitrogens with zero attached hydrogens (tertiary/aromatic N) is 1. The van der Waals surface area contributed by atoms with Crippen LogP contribution in [0.15, 0.2) is 15.7 Å². The van der Waals surface area contributed by atoms with E-state index in [2.05, 4.69) is 28.8 Å². The van der Waals surface area contributed by atoms with Gasteiger partial charge in [-0.2, -0.15) is 0 Å². The molecule has 1 heterocycles. The average molecular weight is 319 g/mol. The van der Waals surface area contributed by atoms with Crippen LogP contribution in [0, 0.1) is 0 Å². The molecule has 0 aromatic carbocycles. The highest BCUT2D eigenvalue weighted by Crippen LogP contribution is 2.19. The van der Waals surface area contributed by atoms with E-state index in [1.807, 2.05) is 19.5 Å². The van der Waals surface area contributed by atoms with Gasteiger partial charge in [0.05, 0.1) is 0 Å². The lowest BCUT2D eigenvalue weighted by molar-refractivity contribution is 0.271. The quantitative estimate of drug-likeness (QED) is 0.677. The fourth-order valence-electron chi connectivity index (χ4n) is 1.66. The van der Waals surface area contributed by atoms with E-state index in [4.69, 9.17) is 0 Å². The van der Waals surface area contributed by atoms with Crippen molar-refractivity contribution >= 4 is 21.4 Å². The van der Waals surface area contributed by atoms with Crippen molar-refractivity contribution in [1.29, 1.82) is 0 Å². The molecule has 0 aliphatic heterocycles.